The average molecular weight is 184 g/mol. The lowest BCUT2D eigenvalue weighted by molar-refractivity contribution is -0.268. The standard InChI is InChI=1S/C8H11NO4/c1-13-5-6-2-3-8(10)7(4-6)9(11)12/h2-4,10-12H,5H2,1H3/p-1. The molecule has 0 heterocycles. The molecule has 5 nitrogen and oxygen atoms in total. The molecule has 0 aliphatic rings. The molecular formula is C8H10NO4-. The van der Waals surface area contributed by atoms with Crippen LogP contribution in [0, 0.1) is 0 Å². The summed E-state index contributed by atoms with van der Waals surface area (Å²) in [6.07, 6.45) is 0. The minimum atomic E-state index is -0.454. The summed E-state index contributed by atoms with van der Waals surface area (Å²) in [5, 5.41) is 28.1. The first-order chi connectivity index (χ1) is 6.15. The van der Waals surface area contributed by atoms with Gasteiger partial charge in [-0.2, -0.15) is 0 Å². The summed E-state index contributed by atoms with van der Waals surface area (Å²) in [5.41, 5.74) is 0.514. The fourth-order valence-corrected chi connectivity index (χ4v) is 0.976. The molecule has 0 spiro atoms. The summed E-state index contributed by atoms with van der Waals surface area (Å²) in [5.74, 6) is -0.454. The van der Waals surface area contributed by atoms with E-state index in [1.54, 1.807) is 6.07 Å². The van der Waals surface area contributed by atoms with Crippen LogP contribution < -0.4 is 10.3 Å². The molecule has 1 rings (SSSR count). The fourth-order valence-electron chi connectivity index (χ4n) is 0.976. The van der Waals surface area contributed by atoms with Crippen LogP contribution >= 0.6 is 0 Å². The highest BCUT2D eigenvalue weighted by Gasteiger charge is 2.01. The molecule has 0 atom stereocenters. The van der Waals surface area contributed by atoms with Crippen LogP contribution in [0.1, 0.15) is 5.56 Å². The van der Waals surface area contributed by atoms with Crippen LogP contribution in [0.2, 0.25) is 0 Å². The van der Waals surface area contributed by atoms with Crippen molar-refractivity contribution in [2.75, 3.05) is 12.3 Å². The summed E-state index contributed by atoms with van der Waals surface area (Å²) >= 11 is 0. The number of nitrogens with zero attached hydrogens (tertiary/aromatic N) is 1. The molecule has 13 heavy (non-hydrogen) atoms. The van der Waals surface area contributed by atoms with E-state index in [-0.39, 0.29) is 10.9 Å². The van der Waals surface area contributed by atoms with E-state index in [0.29, 0.717) is 12.2 Å². The lowest BCUT2D eigenvalue weighted by Gasteiger charge is -2.17. The van der Waals surface area contributed by atoms with Crippen molar-refractivity contribution in [2.24, 2.45) is 0 Å². The van der Waals surface area contributed by atoms with Crippen molar-refractivity contribution in [1.29, 1.82) is 0 Å². The van der Waals surface area contributed by atoms with Crippen molar-refractivity contribution in [3.8, 4) is 5.75 Å². The smallest absolute Gasteiger partial charge is 0.0868 e. The molecule has 0 radical (unpaired) electrons. The summed E-state index contributed by atoms with van der Waals surface area (Å²) in [4.78, 5) is 0. The quantitative estimate of drug-likeness (QED) is 0.668. The third-order valence-electron chi connectivity index (χ3n) is 1.55. The third kappa shape index (κ3) is 2.32. The number of rotatable bonds is 3. The predicted octanol–water partition coefficient (Wildman–Crippen LogP) is 0.491. The lowest BCUT2D eigenvalue weighted by atomic mass is 10.2. The highest BCUT2D eigenvalue weighted by atomic mass is 16.8. The minimum absolute atomic E-state index is 0.186. The molecule has 5 heteroatoms. The van der Waals surface area contributed by atoms with Gasteiger partial charge in [-0.1, -0.05) is 17.9 Å². The molecule has 0 saturated heterocycles. The molecule has 0 aliphatic carbocycles. The van der Waals surface area contributed by atoms with Gasteiger partial charge < -0.3 is 9.84 Å². The van der Waals surface area contributed by atoms with E-state index < -0.39 is 5.75 Å². The highest BCUT2D eigenvalue weighted by molar-refractivity contribution is 5.55. The SMILES string of the molecule is COCc1ccc([O-])c(N(O)O)c1. The number of benzene rings is 1. The van der Waals surface area contributed by atoms with Crippen LogP contribution in [-0.4, -0.2) is 17.5 Å². The van der Waals surface area contributed by atoms with Gasteiger partial charge >= 0.3 is 0 Å². The van der Waals surface area contributed by atoms with Crippen molar-refractivity contribution >= 4 is 5.69 Å². The zero-order chi connectivity index (χ0) is 9.84. The summed E-state index contributed by atoms with van der Waals surface area (Å²) in [6.45, 7) is 0.321. The molecule has 0 unspecified atom stereocenters. The molecule has 0 bridgehead atoms. The van der Waals surface area contributed by atoms with Gasteiger partial charge in [0.2, 0.25) is 0 Å². The van der Waals surface area contributed by atoms with Crippen molar-refractivity contribution in [1.82, 2.24) is 0 Å². The molecule has 1 aromatic carbocycles. The Morgan fingerprint density at radius 1 is 1.46 bits per heavy atom. The molecule has 0 saturated carbocycles. The second-order valence-electron chi connectivity index (χ2n) is 2.52. The molecule has 0 aromatic heterocycles. The first kappa shape index (κ1) is 9.79. The first-order valence-electron chi connectivity index (χ1n) is 3.62. The van der Waals surface area contributed by atoms with E-state index in [9.17, 15) is 5.11 Å². The maximum absolute atomic E-state index is 11.0. The van der Waals surface area contributed by atoms with Gasteiger partial charge in [0.1, 0.15) is 0 Å². The van der Waals surface area contributed by atoms with E-state index in [0.717, 1.165) is 0 Å². The highest BCUT2D eigenvalue weighted by Crippen LogP contribution is 2.23. The monoisotopic (exact) mass is 184 g/mol. The van der Waals surface area contributed by atoms with E-state index in [4.69, 9.17) is 15.2 Å². The summed E-state index contributed by atoms with van der Waals surface area (Å²) < 4.78 is 4.82. The Kier molecular flexibility index (Phi) is 3.07. The van der Waals surface area contributed by atoms with Crippen LogP contribution in [0.5, 0.6) is 5.75 Å². The van der Waals surface area contributed by atoms with Crippen LogP contribution in [0.4, 0.5) is 5.69 Å². The maximum atomic E-state index is 11.0. The lowest BCUT2D eigenvalue weighted by Crippen LogP contribution is -2.13. The van der Waals surface area contributed by atoms with Crippen molar-refractivity contribution in [2.45, 2.75) is 6.61 Å². The summed E-state index contributed by atoms with van der Waals surface area (Å²) in [6, 6.07) is 4.17. The van der Waals surface area contributed by atoms with Crippen LogP contribution in [-0.2, 0) is 11.3 Å². The maximum Gasteiger partial charge on any atom is 0.0868 e. The van der Waals surface area contributed by atoms with E-state index in [1.807, 2.05) is 0 Å². The Morgan fingerprint density at radius 3 is 2.69 bits per heavy atom. The molecule has 0 fully saturated rings. The molecule has 0 aliphatic heterocycles. The minimum Gasteiger partial charge on any atom is -0.871 e. The van der Waals surface area contributed by atoms with E-state index in [1.165, 1.54) is 19.2 Å². The van der Waals surface area contributed by atoms with Gasteiger partial charge in [-0.3, -0.25) is 10.4 Å². The Hall–Kier alpha value is -1.30. The number of hydrogen-bond donors (Lipinski definition) is 2. The Balaban J connectivity index is 2.97. The van der Waals surface area contributed by atoms with Crippen LogP contribution in [0.25, 0.3) is 0 Å². The fraction of sp³-hybridized carbons (Fsp3) is 0.250. The van der Waals surface area contributed by atoms with Gasteiger partial charge in [0.15, 0.2) is 0 Å². The van der Waals surface area contributed by atoms with Gasteiger partial charge in [0, 0.05) is 7.11 Å². The van der Waals surface area contributed by atoms with Gasteiger partial charge in [0.05, 0.1) is 12.3 Å². The largest absolute Gasteiger partial charge is 0.871 e. The van der Waals surface area contributed by atoms with E-state index >= 15 is 0 Å². The average Bonchev–Trinajstić information content (AvgIpc) is 2.08. The number of anilines is 1. The first-order valence-corrected chi connectivity index (χ1v) is 3.62. The number of hydrogen-bond acceptors (Lipinski definition) is 5. The van der Waals surface area contributed by atoms with Crippen molar-refractivity contribution in [3.63, 3.8) is 0 Å². The number of methoxy groups -OCH3 is 1. The zero-order valence-electron chi connectivity index (χ0n) is 7.10. The third-order valence-corrected chi connectivity index (χ3v) is 1.55. The normalized spacial score (nSPS) is 10.1. The Morgan fingerprint density at radius 2 is 2.15 bits per heavy atom. The van der Waals surface area contributed by atoms with Gasteiger partial charge in [-0.25, -0.2) is 0 Å². The van der Waals surface area contributed by atoms with E-state index in [2.05, 4.69) is 0 Å². The molecule has 2 N–H and O–H groups in total. The van der Waals surface area contributed by atoms with Crippen LogP contribution in [0.15, 0.2) is 18.2 Å². The second-order valence-corrected chi connectivity index (χ2v) is 2.52. The zero-order valence-corrected chi connectivity index (χ0v) is 7.10. The Labute approximate surface area is 75.3 Å². The van der Waals surface area contributed by atoms with Gasteiger partial charge in [-0.05, 0) is 11.6 Å². The number of ether oxygens (including phenoxy) is 1. The Bertz CT molecular complexity index is 287. The molecule has 0 amide bonds. The molecule has 1 aromatic rings. The second kappa shape index (κ2) is 4.08. The van der Waals surface area contributed by atoms with Crippen molar-refractivity contribution < 1.29 is 20.3 Å². The van der Waals surface area contributed by atoms with Crippen LogP contribution in [0.3, 0.4) is 0 Å². The van der Waals surface area contributed by atoms with Gasteiger partial charge in [-0.15, -0.1) is 5.23 Å². The molecule has 72 valence electrons. The van der Waals surface area contributed by atoms with Crippen molar-refractivity contribution in [3.05, 3.63) is 23.8 Å². The topological polar surface area (TPSA) is 76.0 Å². The predicted molar refractivity (Wildman–Crippen MR) is 42.7 cm³/mol. The molecular weight excluding hydrogens is 174 g/mol. The summed E-state index contributed by atoms with van der Waals surface area (Å²) in [7, 11) is 1.51. The van der Waals surface area contributed by atoms with Gasteiger partial charge in [0.25, 0.3) is 0 Å².